The van der Waals surface area contributed by atoms with E-state index in [0.29, 0.717) is 0 Å². The van der Waals surface area contributed by atoms with Crippen molar-refractivity contribution in [2.24, 2.45) is 0 Å². The van der Waals surface area contributed by atoms with Gasteiger partial charge in [-0.2, -0.15) is 0 Å². The fourth-order valence-electron chi connectivity index (χ4n) is 1.54. The Bertz CT molecular complexity index is 165. The fraction of sp³-hybridized carbons (Fsp3) is 0.889. The van der Waals surface area contributed by atoms with E-state index in [1.54, 1.807) is 7.05 Å². The molecule has 4 nitrogen and oxygen atoms in total. The third-order valence-corrected chi connectivity index (χ3v) is 2.42. The van der Waals surface area contributed by atoms with E-state index in [0.717, 1.165) is 25.9 Å². The van der Waals surface area contributed by atoms with Crippen molar-refractivity contribution in [2.45, 2.75) is 25.7 Å². The van der Waals surface area contributed by atoms with E-state index in [1.807, 2.05) is 4.90 Å². The quantitative estimate of drug-likeness (QED) is 0.581. The number of amides is 2. The van der Waals surface area contributed by atoms with Crippen LogP contribution in [-0.4, -0.2) is 43.2 Å². The number of carbonyl (C=O) groups is 1. The van der Waals surface area contributed by atoms with Crippen molar-refractivity contribution in [2.75, 3.05) is 27.2 Å². The Balaban J connectivity index is 2.43. The lowest BCUT2D eigenvalue weighted by Gasteiger charge is -2.25. The molecule has 0 saturated carbocycles. The summed E-state index contributed by atoms with van der Waals surface area (Å²) >= 11 is 0. The van der Waals surface area contributed by atoms with E-state index in [4.69, 9.17) is 4.84 Å². The van der Waals surface area contributed by atoms with Crippen LogP contribution in [0.1, 0.15) is 25.7 Å². The van der Waals surface area contributed by atoms with Crippen LogP contribution in [0.3, 0.4) is 0 Å². The number of nitrogens with zero attached hydrogens (tertiary/aromatic N) is 2. The van der Waals surface area contributed by atoms with E-state index in [-0.39, 0.29) is 6.03 Å². The Labute approximate surface area is 79.4 Å². The maximum atomic E-state index is 11.6. The Kier molecular flexibility index (Phi) is 4.02. The van der Waals surface area contributed by atoms with Crippen LogP contribution in [0.4, 0.5) is 4.79 Å². The van der Waals surface area contributed by atoms with Crippen LogP contribution in [0.25, 0.3) is 0 Å². The largest absolute Gasteiger partial charge is 0.343 e. The van der Waals surface area contributed by atoms with Crippen LogP contribution in [0.5, 0.6) is 0 Å². The first kappa shape index (κ1) is 10.3. The molecular weight excluding hydrogens is 168 g/mol. The SMILES string of the molecule is CON(C)C(=O)N1CCCCCC1. The third kappa shape index (κ3) is 2.88. The number of hydroxylamine groups is 2. The lowest BCUT2D eigenvalue weighted by atomic mass is 10.2. The first-order valence-corrected chi connectivity index (χ1v) is 4.82. The standard InChI is InChI=1S/C9H18N2O2/c1-10(13-2)9(12)11-7-5-3-4-6-8-11/h3-8H2,1-2H3. The van der Waals surface area contributed by atoms with Gasteiger partial charge in [-0.3, -0.25) is 4.84 Å². The number of rotatable bonds is 1. The van der Waals surface area contributed by atoms with E-state index in [2.05, 4.69) is 0 Å². The molecule has 1 aliphatic heterocycles. The predicted octanol–water partition coefficient (Wildman–Crippen LogP) is 1.48. The highest BCUT2D eigenvalue weighted by Crippen LogP contribution is 2.10. The van der Waals surface area contributed by atoms with Gasteiger partial charge in [0.25, 0.3) is 0 Å². The molecular formula is C9H18N2O2. The monoisotopic (exact) mass is 186 g/mol. The molecule has 76 valence electrons. The number of urea groups is 1. The molecule has 0 aromatic carbocycles. The molecule has 13 heavy (non-hydrogen) atoms. The Morgan fingerprint density at radius 2 is 1.77 bits per heavy atom. The van der Waals surface area contributed by atoms with Crippen LogP contribution in [0, 0.1) is 0 Å². The minimum atomic E-state index is -0.0237. The summed E-state index contributed by atoms with van der Waals surface area (Å²) in [6.07, 6.45) is 4.70. The van der Waals surface area contributed by atoms with Gasteiger partial charge in [0.2, 0.25) is 0 Å². The molecule has 0 aromatic heterocycles. The van der Waals surface area contributed by atoms with Crippen molar-refractivity contribution in [1.29, 1.82) is 0 Å². The molecule has 2 amide bonds. The van der Waals surface area contributed by atoms with Gasteiger partial charge in [-0.1, -0.05) is 12.8 Å². The summed E-state index contributed by atoms with van der Waals surface area (Å²) in [7, 11) is 3.16. The molecule has 1 saturated heterocycles. The average molecular weight is 186 g/mol. The van der Waals surface area contributed by atoms with E-state index >= 15 is 0 Å². The normalized spacial score (nSPS) is 18.2. The molecule has 0 aromatic rings. The Morgan fingerprint density at radius 1 is 1.23 bits per heavy atom. The Morgan fingerprint density at radius 3 is 2.23 bits per heavy atom. The topological polar surface area (TPSA) is 32.8 Å². The smallest absolute Gasteiger partial charge is 0.323 e. The number of hydrogen-bond donors (Lipinski definition) is 0. The zero-order chi connectivity index (χ0) is 9.68. The molecule has 1 rings (SSSR count). The summed E-state index contributed by atoms with van der Waals surface area (Å²) in [5, 5.41) is 1.28. The van der Waals surface area contributed by atoms with Crippen LogP contribution < -0.4 is 0 Å². The van der Waals surface area contributed by atoms with Gasteiger partial charge in [0.05, 0.1) is 7.11 Å². The van der Waals surface area contributed by atoms with Gasteiger partial charge in [-0.05, 0) is 12.8 Å². The zero-order valence-electron chi connectivity index (χ0n) is 8.45. The van der Waals surface area contributed by atoms with Crippen molar-refractivity contribution >= 4 is 6.03 Å². The molecule has 0 atom stereocenters. The first-order valence-electron chi connectivity index (χ1n) is 4.82. The summed E-state index contributed by atoms with van der Waals surface area (Å²) < 4.78 is 0. The molecule has 1 heterocycles. The molecule has 1 aliphatic rings. The van der Waals surface area contributed by atoms with Crippen molar-refractivity contribution < 1.29 is 9.63 Å². The molecule has 4 heteroatoms. The van der Waals surface area contributed by atoms with Crippen molar-refractivity contribution in [3.63, 3.8) is 0 Å². The van der Waals surface area contributed by atoms with Crippen molar-refractivity contribution in [3.05, 3.63) is 0 Å². The summed E-state index contributed by atoms with van der Waals surface area (Å²) in [4.78, 5) is 18.3. The summed E-state index contributed by atoms with van der Waals surface area (Å²) in [6.45, 7) is 1.74. The maximum Gasteiger partial charge on any atom is 0.343 e. The fourth-order valence-corrected chi connectivity index (χ4v) is 1.54. The number of carbonyl (C=O) groups excluding carboxylic acids is 1. The van der Waals surface area contributed by atoms with Gasteiger partial charge in [0.1, 0.15) is 0 Å². The third-order valence-electron chi connectivity index (χ3n) is 2.42. The lowest BCUT2D eigenvalue weighted by Crippen LogP contribution is -2.41. The number of likely N-dealkylation sites (tertiary alicyclic amines) is 1. The summed E-state index contributed by atoms with van der Waals surface area (Å²) in [5.74, 6) is 0. The van der Waals surface area contributed by atoms with Gasteiger partial charge >= 0.3 is 6.03 Å². The Hall–Kier alpha value is -0.770. The zero-order valence-corrected chi connectivity index (χ0v) is 8.45. The van der Waals surface area contributed by atoms with Gasteiger partial charge in [0, 0.05) is 20.1 Å². The predicted molar refractivity (Wildman–Crippen MR) is 50.2 cm³/mol. The van der Waals surface area contributed by atoms with Crippen molar-refractivity contribution in [3.8, 4) is 0 Å². The van der Waals surface area contributed by atoms with Gasteiger partial charge in [-0.15, -0.1) is 0 Å². The minimum Gasteiger partial charge on any atom is -0.323 e. The van der Waals surface area contributed by atoms with Gasteiger partial charge < -0.3 is 4.90 Å². The molecule has 0 spiro atoms. The molecule has 0 bridgehead atoms. The second-order valence-corrected chi connectivity index (χ2v) is 3.36. The van der Waals surface area contributed by atoms with Crippen molar-refractivity contribution in [1.82, 2.24) is 9.96 Å². The van der Waals surface area contributed by atoms with Crippen LogP contribution in [-0.2, 0) is 4.84 Å². The highest BCUT2D eigenvalue weighted by Gasteiger charge is 2.18. The molecule has 0 radical (unpaired) electrons. The van der Waals surface area contributed by atoms with Gasteiger partial charge in [-0.25, -0.2) is 9.86 Å². The second-order valence-electron chi connectivity index (χ2n) is 3.36. The average Bonchev–Trinajstić information content (AvgIpc) is 2.43. The lowest BCUT2D eigenvalue weighted by molar-refractivity contribution is -0.0757. The summed E-state index contributed by atoms with van der Waals surface area (Å²) in [5.41, 5.74) is 0. The maximum absolute atomic E-state index is 11.6. The van der Waals surface area contributed by atoms with Crippen LogP contribution >= 0.6 is 0 Å². The molecule has 0 N–H and O–H groups in total. The highest BCUT2D eigenvalue weighted by atomic mass is 16.7. The van der Waals surface area contributed by atoms with E-state index < -0.39 is 0 Å². The van der Waals surface area contributed by atoms with E-state index in [1.165, 1.54) is 25.0 Å². The van der Waals surface area contributed by atoms with Crippen LogP contribution in [0.15, 0.2) is 0 Å². The van der Waals surface area contributed by atoms with Crippen LogP contribution in [0.2, 0.25) is 0 Å². The van der Waals surface area contributed by atoms with Gasteiger partial charge in [0.15, 0.2) is 0 Å². The molecule has 0 unspecified atom stereocenters. The summed E-state index contributed by atoms with van der Waals surface area (Å²) in [6, 6.07) is -0.0237. The molecule has 1 fully saturated rings. The number of hydrogen-bond acceptors (Lipinski definition) is 2. The van der Waals surface area contributed by atoms with E-state index in [9.17, 15) is 4.79 Å². The second kappa shape index (κ2) is 5.07. The minimum absolute atomic E-state index is 0.0237. The first-order chi connectivity index (χ1) is 6.25. The highest BCUT2D eigenvalue weighted by molar-refractivity contribution is 5.73. The molecule has 0 aliphatic carbocycles.